The minimum Gasteiger partial charge on any atom is -0.480 e. The number of likely N-dealkylation sites (N-methyl/N-ethyl adjacent to an activating group) is 1. The fraction of sp³-hybridized carbons (Fsp3) is 0.462. The van der Waals surface area contributed by atoms with Gasteiger partial charge in [0, 0.05) is 5.56 Å². The Hall–Kier alpha value is -1.42. The first-order chi connectivity index (χ1) is 7.98. The highest BCUT2D eigenvalue weighted by Gasteiger charge is 2.41. The SMILES string of the molecule is CCN(CC)C(C)(C(=O)O)c1ccccc1F. The maximum atomic E-state index is 13.8. The molecule has 0 saturated carbocycles. The molecule has 17 heavy (non-hydrogen) atoms. The number of carboxylic acid groups (broad SMARTS) is 1. The summed E-state index contributed by atoms with van der Waals surface area (Å²) in [5.74, 6) is -1.52. The van der Waals surface area contributed by atoms with E-state index in [1.54, 1.807) is 24.0 Å². The van der Waals surface area contributed by atoms with Crippen molar-refractivity contribution >= 4 is 5.97 Å². The molecule has 1 atom stereocenters. The van der Waals surface area contributed by atoms with Crippen molar-refractivity contribution in [1.29, 1.82) is 0 Å². The lowest BCUT2D eigenvalue weighted by Crippen LogP contribution is -2.50. The molecule has 0 spiro atoms. The molecular formula is C13H18FNO2. The summed E-state index contributed by atoms with van der Waals surface area (Å²) in [4.78, 5) is 13.3. The molecule has 1 aromatic rings. The fourth-order valence-corrected chi connectivity index (χ4v) is 2.13. The third kappa shape index (κ3) is 2.31. The molecule has 4 heteroatoms. The Morgan fingerprint density at radius 1 is 1.35 bits per heavy atom. The lowest BCUT2D eigenvalue weighted by atomic mass is 9.89. The molecule has 0 fully saturated rings. The van der Waals surface area contributed by atoms with Gasteiger partial charge in [-0.2, -0.15) is 0 Å². The van der Waals surface area contributed by atoms with Crippen molar-refractivity contribution in [1.82, 2.24) is 4.90 Å². The van der Waals surface area contributed by atoms with E-state index < -0.39 is 17.3 Å². The van der Waals surface area contributed by atoms with E-state index in [0.29, 0.717) is 13.1 Å². The summed E-state index contributed by atoms with van der Waals surface area (Å²) < 4.78 is 13.8. The number of benzene rings is 1. The first-order valence-electron chi connectivity index (χ1n) is 5.71. The zero-order valence-electron chi connectivity index (χ0n) is 10.4. The van der Waals surface area contributed by atoms with Crippen LogP contribution in [0.15, 0.2) is 24.3 Å². The van der Waals surface area contributed by atoms with Gasteiger partial charge in [0.25, 0.3) is 0 Å². The fourth-order valence-electron chi connectivity index (χ4n) is 2.13. The third-order valence-corrected chi connectivity index (χ3v) is 3.21. The molecule has 94 valence electrons. The Kier molecular flexibility index (Phi) is 4.23. The molecule has 3 nitrogen and oxygen atoms in total. The highest BCUT2D eigenvalue weighted by Crippen LogP contribution is 2.30. The van der Waals surface area contributed by atoms with E-state index >= 15 is 0 Å². The lowest BCUT2D eigenvalue weighted by Gasteiger charge is -2.37. The molecule has 0 bridgehead atoms. The molecule has 0 aliphatic rings. The van der Waals surface area contributed by atoms with Gasteiger partial charge < -0.3 is 5.11 Å². The second-order valence-corrected chi connectivity index (χ2v) is 4.03. The zero-order valence-corrected chi connectivity index (χ0v) is 10.4. The van der Waals surface area contributed by atoms with E-state index in [4.69, 9.17) is 0 Å². The second kappa shape index (κ2) is 5.27. The summed E-state index contributed by atoms with van der Waals surface area (Å²) in [7, 11) is 0. The van der Waals surface area contributed by atoms with Crippen molar-refractivity contribution in [3.8, 4) is 0 Å². The van der Waals surface area contributed by atoms with Crippen LogP contribution in [-0.4, -0.2) is 29.1 Å². The van der Waals surface area contributed by atoms with Gasteiger partial charge in [0.05, 0.1) is 0 Å². The molecule has 1 N–H and O–H groups in total. The van der Waals surface area contributed by atoms with Gasteiger partial charge in [0.2, 0.25) is 0 Å². The normalized spacial score (nSPS) is 14.6. The number of hydrogen-bond donors (Lipinski definition) is 1. The third-order valence-electron chi connectivity index (χ3n) is 3.21. The number of aliphatic carboxylic acids is 1. The van der Waals surface area contributed by atoms with E-state index in [-0.39, 0.29) is 5.56 Å². The first-order valence-corrected chi connectivity index (χ1v) is 5.71. The molecule has 1 aromatic carbocycles. The molecule has 1 rings (SSSR count). The van der Waals surface area contributed by atoms with Crippen LogP contribution in [0.1, 0.15) is 26.3 Å². The molecular weight excluding hydrogens is 221 g/mol. The Labute approximate surface area is 101 Å². The summed E-state index contributed by atoms with van der Waals surface area (Å²) in [5.41, 5.74) is -1.12. The van der Waals surface area contributed by atoms with Crippen LogP contribution in [-0.2, 0) is 10.3 Å². The quantitative estimate of drug-likeness (QED) is 0.858. The minimum absolute atomic E-state index is 0.205. The van der Waals surface area contributed by atoms with E-state index in [1.165, 1.54) is 12.1 Å². The molecule has 0 amide bonds. The number of nitrogens with zero attached hydrogens (tertiary/aromatic N) is 1. The van der Waals surface area contributed by atoms with Crippen molar-refractivity contribution in [3.63, 3.8) is 0 Å². The average molecular weight is 239 g/mol. The van der Waals surface area contributed by atoms with E-state index in [2.05, 4.69) is 0 Å². The highest BCUT2D eigenvalue weighted by molar-refractivity contribution is 5.80. The van der Waals surface area contributed by atoms with Gasteiger partial charge in [-0.1, -0.05) is 32.0 Å². The van der Waals surface area contributed by atoms with Crippen LogP contribution in [0.3, 0.4) is 0 Å². The van der Waals surface area contributed by atoms with Crippen molar-refractivity contribution < 1.29 is 14.3 Å². The van der Waals surface area contributed by atoms with Crippen LogP contribution in [0, 0.1) is 5.82 Å². The molecule has 1 unspecified atom stereocenters. The summed E-state index contributed by atoms with van der Waals surface area (Å²) in [6.07, 6.45) is 0. The Morgan fingerprint density at radius 2 is 1.88 bits per heavy atom. The van der Waals surface area contributed by atoms with E-state index in [1.807, 2.05) is 13.8 Å². The summed E-state index contributed by atoms with van der Waals surface area (Å²) in [5, 5.41) is 9.43. The van der Waals surface area contributed by atoms with Gasteiger partial charge in [-0.15, -0.1) is 0 Å². The van der Waals surface area contributed by atoms with Crippen LogP contribution in [0.25, 0.3) is 0 Å². The minimum atomic E-state index is -1.32. The molecule has 0 heterocycles. The van der Waals surface area contributed by atoms with E-state index in [9.17, 15) is 14.3 Å². The molecule has 0 radical (unpaired) electrons. The maximum absolute atomic E-state index is 13.8. The van der Waals surface area contributed by atoms with Crippen LogP contribution in [0.4, 0.5) is 4.39 Å². The van der Waals surface area contributed by atoms with Gasteiger partial charge in [0.15, 0.2) is 0 Å². The number of carbonyl (C=O) groups is 1. The van der Waals surface area contributed by atoms with Crippen molar-refractivity contribution in [2.75, 3.05) is 13.1 Å². The standard InChI is InChI=1S/C13H18FNO2/c1-4-15(5-2)13(3,12(16)17)10-8-6-7-9-11(10)14/h6-9H,4-5H2,1-3H3,(H,16,17). The van der Waals surface area contributed by atoms with E-state index in [0.717, 1.165) is 0 Å². The topological polar surface area (TPSA) is 40.5 Å². The lowest BCUT2D eigenvalue weighted by molar-refractivity contribution is -0.151. The highest BCUT2D eigenvalue weighted by atomic mass is 19.1. The zero-order chi connectivity index (χ0) is 13.1. The predicted molar refractivity (Wildman–Crippen MR) is 64.3 cm³/mol. The Morgan fingerprint density at radius 3 is 2.29 bits per heavy atom. The maximum Gasteiger partial charge on any atom is 0.328 e. The molecule has 0 aromatic heterocycles. The van der Waals surface area contributed by atoms with Gasteiger partial charge in [-0.3, -0.25) is 4.90 Å². The van der Waals surface area contributed by atoms with Gasteiger partial charge in [-0.05, 0) is 26.1 Å². The number of hydrogen-bond acceptors (Lipinski definition) is 2. The van der Waals surface area contributed by atoms with Gasteiger partial charge in [-0.25, -0.2) is 9.18 Å². The number of carboxylic acids is 1. The van der Waals surface area contributed by atoms with Gasteiger partial charge >= 0.3 is 5.97 Å². The van der Waals surface area contributed by atoms with Crippen LogP contribution in [0.5, 0.6) is 0 Å². The molecule has 0 saturated heterocycles. The number of rotatable bonds is 5. The van der Waals surface area contributed by atoms with Gasteiger partial charge in [0.1, 0.15) is 11.4 Å². The van der Waals surface area contributed by atoms with Crippen molar-refractivity contribution in [2.45, 2.75) is 26.3 Å². The van der Waals surface area contributed by atoms with Crippen LogP contribution >= 0.6 is 0 Å². The van der Waals surface area contributed by atoms with Crippen LogP contribution in [0.2, 0.25) is 0 Å². The summed E-state index contributed by atoms with van der Waals surface area (Å²) in [6, 6.07) is 6.04. The van der Waals surface area contributed by atoms with Crippen LogP contribution < -0.4 is 0 Å². The second-order valence-electron chi connectivity index (χ2n) is 4.03. The molecule has 0 aliphatic heterocycles. The summed E-state index contributed by atoms with van der Waals surface area (Å²) in [6.45, 7) is 6.37. The van der Waals surface area contributed by atoms with Crippen molar-refractivity contribution in [3.05, 3.63) is 35.6 Å². The molecule has 0 aliphatic carbocycles. The summed E-state index contributed by atoms with van der Waals surface area (Å²) >= 11 is 0. The monoisotopic (exact) mass is 239 g/mol. The Balaban J connectivity index is 3.35. The smallest absolute Gasteiger partial charge is 0.328 e. The largest absolute Gasteiger partial charge is 0.480 e. The van der Waals surface area contributed by atoms with Crippen molar-refractivity contribution in [2.24, 2.45) is 0 Å². The first kappa shape index (κ1) is 13.6. The Bertz CT molecular complexity index is 404. The number of halogens is 1. The predicted octanol–water partition coefficient (Wildman–Crippen LogP) is 2.47. The average Bonchev–Trinajstić information content (AvgIpc) is 2.30.